The second-order valence-electron chi connectivity index (χ2n) is 9.06. The standard InChI is InChI=1S/C25H30O3/c1-24(2)12-13-25(3,4)22-15-20(16-28-5)19(14-21(22)24)11-8-17-6-9-18(10-7-17)23(26)27/h6-11,14-15H,12-13,16H2,1-5H3,(H,26,27). The number of fused-ring (bicyclic) bond motifs is 1. The molecular weight excluding hydrogens is 348 g/mol. The normalized spacial score (nSPS) is 17.5. The van der Waals surface area contributed by atoms with E-state index in [1.807, 2.05) is 18.2 Å². The van der Waals surface area contributed by atoms with Gasteiger partial charge >= 0.3 is 5.97 Å². The van der Waals surface area contributed by atoms with Crippen LogP contribution in [0.4, 0.5) is 0 Å². The molecular formula is C25H30O3. The Morgan fingerprint density at radius 1 is 1.00 bits per heavy atom. The number of carbonyl (C=O) groups is 1. The van der Waals surface area contributed by atoms with Crippen LogP contribution in [-0.4, -0.2) is 18.2 Å². The number of hydrogen-bond acceptors (Lipinski definition) is 2. The molecule has 0 aliphatic heterocycles. The average Bonchev–Trinajstić information content (AvgIpc) is 2.65. The molecule has 0 bridgehead atoms. The molecule has 0 saturated carbocycles. The van der Waals surface area contributed by atoms with Crippen LogP contribution < -0.4 is 0 Å². The summed E-state index contributed by atoms with van der Waals surface area (Å²) in [6, 6.07) is 11.6. The summed E-state index contributed by atoms with van der Waals surface area (Å²) >= 11 is 0. The molecule has 0 atom stereocenters. The van der Waals surface area contributed by atoms with E-state index in [0.29, 0.717) is 12.2 Å². The summed E-state index contributed by atoms with van der Waals surface area (Å²) in [5.74, 6) is -0.905. The zero-order valence-corrected chi connectivity index (χ0v) is 17.5. The average molecular weight is 379 g/mol. The van der Waals surface area contributed by atoms with Crippen molar-refractivity contribution in [1.82, 2.24) is 0 Å². The lowest BCUT2D eigenvalue weighted by Crippen LogP contribution is -2.34. The largest absolute Gasteiger partial charge is 0.478 e. The summed E-state index contributed by atoms with van der Waals surface area (Å²) in [5.41, 5.74) is 6.80. The van der Waals surface area contributed by atoms with Crippen molar-refractivity contribution in [2.24, 2.45) is 0 Å². The first-order chi connectivity index (χ1) is 13.1. The van der Waals surface area contributed by atoms with Crippen molar-refractivity contribution in [2.75, 3.05) is 7.11 Å². The van der Waals surface area contributed by atoms with E-state index in [9.17, 15) is 4.79 Å². The Hall–Kier alpha value is -2.39. The molecule has 3 nitrogen and oxygen atoms in total. The van der Waals surface area contributed by atoms with E-state index in [0.717, 1.165) is 11.1 Å². The first-order valence-corrected chi connectivity index (χ1v) is 9.82. The van der Waals surface area contributed by atoms with Crippen LogP contribution in [0, 0.1) is 0 Å². The van der Waals surface area contributed by atoms with Crippen LogP contribution in [-0.2, 0) is 22.2 Å². The summed E-state index contributed by atoms with van der Waals surface area (Å²) in [6.07, 6.45) is 6.51. The summed E-state index contributed by atoms with van der Waals surface area (Å²) in [6.45, 7) is 9.89. The van der Waals surface area contributed by atoms with Crippen molar-refractivity contribution in [1.29, 1.82) is 0 Å². The Morgan fingerprint density at radius 2 is 1.57 bits per heavy atom. The minimum Gasteiger partial charge on any atom is -0.478 e. The second-order valence-corrected chi connectivity index (χ2v) is 9.06. The van der Waals surface area contributed by atoms with Gasteiger partial charge in [0.1, 0.15) is 0 Å². The van der Waals surface area contributed by atoms with Crippen molar-refractivity contribution in [3.63, 3.8) is 0 Å². The number of benzene rings is 2. The number of carboxylic acid groups (broad SMARTS) is 1. The van der Waals surface area contributed by atoms with E-state index < -0.39 is 5.97 Å². The van der Waals surface area contributed by atoms with Crippen molar-refractivity contribution >= 4 is 18.1 Å². The molecule has 1 N–H and O–H groups in total. The molecule has 0 amide bonds. The minimum absolute atomic E-state index is 0.155. The predicted octanol–water partition coefficient (Wildman–Crippen LogP) is 6.05. The smallest absolute Gasteiger partial charge is 0.335 e. The van der Waals surface area contributed by atoms with Gasteiger partial charge in [-0.3, -0.25) is 0 Å². The van der Waals surface area contributed by atoms with E-state index in [1.165, 1.54) is 29.5 Å². The summed E-state index contributed by atoms with van der Waals surface area (Å²) in [4.78, 5) is 11.0. The number of ether oxygens (including phenoxy) is 1. The van der Waals surface area contributed by atoms with E-state index in [-0.39, 0.29) is 10.8 Å². The Labute approximate surface area is 168 Å². The summed E-state index contributed by atoms with van der Waals surface area (Å²) in [7, 11) is 1.73. The van der Waals surface area contributed by atoms with Gasteiger partial charge in [-0.25, -0.2) is 4.79 Å². The molecule has 3 heteroatoms. The molecule has 0 saturated heterocycles. The molecule has 0 spiro atoms. The Balaban J connectivity index is 2.03. The number of methoxy groups -OCH3 is 1. The van der Waals surface area contributed by atoms with Gasteiger partial charge in [0, 0.05) is 7.11 Å². The van der Waals surface area contributed by atoms with Crippen LogP contribution >= 0.6 is 0 Å². The highest BCUT2D eigenvalue weighted by molar-refractivity contribution is 5.88. The molecule has 2 aromatic rings. The maximum Gasteiger partial charge on any atom is 0.335 e. The van der Waals surface area contributed by atoms with E-state index in [1.54, 1.807) is 19.2 Å². The molecule has 0 aromatic heterocycles. The van der Waals surface area contributed by atoms with Gasteiger partial charge in [0.2, 0.25) is 0 Å². The van der Waals surface area contributed by atoms with Gasteiger partial charge in [-0.05, 0) is 63.6 Å². The van der Waals surface area contributed by atoms with Crippen LogP contribution in [0.2, 0.25) is 0 Å². The molecule has 0 unspecified atom stereocenters. The lowest BCUT2D eigenvalue weighted by atomic mass is 9.62. The Bertz CT molecular complexity index is 902. The Kier molecular flexibility index (Phi) is 5.49. The molecule has 2 aromatic carbocycles. The highest BCUT2D eigenvalue weighted by Crippen LogP contribution is 2.46. The van der Waals surface area contributed by atoms with Gasteiger partial charge in [-0.15, -0.1) is 0 Å². The van der Waals surface area contributed by atoms with Crippen molar-refractivity contribution in [2.45, 2.75) is 58.0 Å². The summed E-state index contributed by atoms with van der Waals surface area (Å²) < 4.78 is 5.47. The molecule has 0 fully saturated rings. The molecule has 1 aliphatic carbocycles. The van der Waals surface area contributed by atoms with Crippen LogP contribution in [0.5, 0.6) is 0 Å². The van der Waals surface area contributed by atoms with E-state index in [4.69, 9.17) is 9.84 Å². The molecule has 28 heavy (non-hydrogen) atoms. The number of carboxylic acids is 1. The van der Waals surface area contributed by atoms with Gasteiger partial charge in [-0.1, -0.05) is 64.1 Å². The monoisotopic (exact) mass is 378 g/mol. The maximum atomic E-state index is 11.0. The highest BCUT2D eigenvalue weighted by Gasteiger charge is 2.37. The van der Waals surface area contributed by atoms with Crippen molar-refractivity contribution in [3.05, 3.63) is 69.8 Å². The molecule has 1 aliphatic rings. The number of aromatic carboxylic acids is 1. The third-order valence-corrected chi connectivity index (χ3v) is 6.03. The topological polar surface area (TPSA) is 46.5 Å². The zero-order valence-electron chi connectivity index (χ0n) is 17.5. The fraction of sp³-hybridized carbons (Fsp3) is 0.400. The van der Waals surface area contributed by atoms with Gasteiger partial charge in [0.25, 0.3) is 0 Å². The third-order valence-electron chi connectivity index (χ3n) is 6.03. The first kappa shape index (κ1) is 20.3. The highest BCUT2D eigenvalue weighted by atomic mass is 16.5. The van der Waals surface area contributed by atoms with Crippen molar-refractivity contribution in [3.8, 4) is 0 Å². The fourth-order valence-corrected chi connectivity index (χ4v) is 4.03. The van der Waals surface area contributed by atoms with Crippen LogP contribution in [0.3, 0.4) is 0 Å². The quantitative estimate of drug-likeness (QED) is 0.644. The second kappa shape index (κ2) is 7.56. The fourth-order valence-electron chi connectivity index (χ4n) is 4.03. The number of rotatable bonds is 5. The third kappa shape index (κ3) is 4.05. The predicted molar refractivity (Wildman–Crippen MR) is 115 cm³/mol. The van der Waals surface area contributed by atoms with E-state index >= 15 is 0 Å². The molecule has 0 radical (unpaired) electrons. The first-order valence-electron chi connectivity index (χ1n) is 9.82. The van der Waals surface area contributed by atoms with Gasteiger partial charge in [0.05, 0.1) is 12.2 Å². The lowest BCUT2D eigenvalue weighted by molar-refractivity contribution is 0.0697. The lowest BCUT2D eigenvalue weighted by Gasteiger charge is -2.42. The van der Waals surface area contributed by atoms with Gasteiger partial charge in [-0.2, -0.15) is 0 Å². The van der Waals surface area contributed by atoms with Crippen LogP contribution in [0.25, 0.3) is 12.2 Å². The van der Waals surface area contributed by atoms with Crippen LogP contribution in [0.1, 0.15) is 78.7 Å². The number of hydrogen-bond donors (Lipinski definition) is 1. The summed E-state index contributed by atoms with van der Waals surface area (Å²) in [5, 5.41) is 9.05. The Morgan fingerprint density at radius 3 is 2.11 bits per heavy atom. The minimum atomic E-state index is -0.905. The SMILES string of the molecule is COCc1cc2c(cc1C=Cc1ccc(C(=O)O)cc1)C(C)(C)CCC2(C)C. The molecule has 0 heterocycles. The van der Waals surface area contributed by atoms with Crippen LogP contribution in [0.15, 0.2) is 36.4 Å². The van der Waals surface area contributed by atoms with Gasteiger partial charge in [0.15, 0.2) is 0 Å². The zero-order chi connectivity index (χ0) is 20.5. The van der Waals surface area contributed by atoms with Crippen molar-refractivity contribution < 1.29 is 14.6 Å². The molecule has 148 valence electrons. The van der Waals surface area contributed by atoms with E-state index in [2.05, 4.69) is 45.9 Å². The van der Waals surface area contributed by atoms with Gasteiger partial charge < -0.3 is 9.84 Å². The molecule has 3 rings (SSSR count). The maximum absolute atomic E-state index is 11.0.